The second kappa shape index (κ2) is 13.4. The molecule has 0 bridgehead atoms. The summed E-state index contributed by atoms with van der Waals surface area (Å²) in [6, 6.07) is 6.71. The number of hydrogen-bond acceptors (Lipinski definition) is 10. The first-order valence-electron chi connectivity index (χ1n) is 15.1. The molecular weight excluding hydrogens is 568 g/mol. The highest BCUT2D eigenvalue weighted by Crippen LogP contribution is 2.33. The molecule has 1 unspecified atom stereocenters. The zero-order valence-corrected chi connectivity index (χ0v) is 25.7. The van der Waals surface area contributed by atoms with Crippen molar-refractivity contribution in [2.45, 2.75) is 77.1 Å². The van der Waals surface area contributed by atoms with Crippen molar-refractivity contribution in [1.82, 2.24) is 44.9 Å². The second-order valence-electron chi connectivity index (χ2n) is 11.7. The van der Waals surface area contributed by atoms with Crippen molar-refractivity contribution in [1.29, 1.82) is 0 Å². The van der Waals surface area contributed by atoms with Crippen LogP contribution in [0.5, 0.6) is 5.75 Å². The van der Waals surface area contributed by atoms with Gasteiger partial charge in [-0.3, -0.25) is 4.68 Å². The SMILES string of the molecule is CC(Cn1cnnn1)Oc1cc(-c2cnc(Nc3cn(C4CCN(C5CCOCC5)CC4)nc3C(C)C)nc2)ccc1Cl. The van der Waals surface area contributed by atoms with Gasteiger partial charge in [0.1, 0.15) is 18.2 Å². The van der Waals surface area contributed by atoms with Gasteiger partial charge < -0.3 is 19.7 Å². The average molecular weight is 607 g/mol. The molecule has 228 valence electrons. The number of likely N-dealkylation sites (tertiary alicyclic amines) is 1. The molecule has 0 spiro atoms. The molecule has 0 radical (unpaired) electrons. The van der Waals surface area contributed by atoms with Gasteiger partial charge in [-0.05, 0) is 66.6 Å². The van der Waals surface area contributed by atoms with E-state index in [1.807, 2.05) is 25.1 Å². The van der Waals surface area contributed by atoms with Crippen LogP contribution in [0.25, 0.3) is 11.1 Å². The maximum Gasteiger partial charge on any atom is 0.227 e. The summed E-state index contributed by atoms with van der Waals surface area (Å²) < 4.78 is 15.4. The molecule has 1 N–H and O–H groups in total. The molecule has 2 fully saturated rings. The summed E-state index contributed by atoms with van der Waals surface area (Å²) in [5.74, 6) is 1.37. The zero-order chi connectivity index (χ0) is 29.8. The fourth-order valence-electron chi connectivity index (χ4n) is 5.90. The smallest absolute Gasteiger partial charge is 0.227 e. The molecule has 0 saturated carbocycles. The van der Waals surface area contributed by atoms with Crippen LogP contribution in [0.2, 0.25) is 5.02 Å². The van der Waals surface area contributed by atoms with Gasteiger partial charge in [0.15, 0.2) is 0 Å². The molecule has 1 atom stereocenters. The van der Waals surface area contributed by atoms with E-state index in [4.69, 9.17) is 26.2 Å². The molecule has 4 aromatic rings. The van der Waals surface area contributed by atoms with Crippen LogP contribution < -0.4 is 10.1 Å². The predicted molar refractivity (Wildman–Crippen MR) is 164 cm³/mol. The number of nitrogens with zero attached hydrogens (tertiary/aromatic N) is 9. The maximum atomic E-state index is 6.44. The topological polar surface area (TPSA) is 121 Å². The lowest BCUT2D eigenvalue weighted by Gasteiger charge is -2.39. The molecule has 3 aromatic heterocycles. The van der Waals surface area contributed by atoms with Gasteiger partial charge in [0.25, 0.3) is 0 Å². The summed E-state index contributed by atoms with van der Waals surface area (Å²) in [4.78, 5) is 11.9. The Kier molecular flexibility index (Phi) is 9.15. The van der Waals surface area contributed by atoms with Crippen molar-refractivity contribution < 1.29 is 9.47 Å². The van der Waals surface area contributed by atoms with E-state index in [9.17, 15) is 0 Å². The second-order valence-corrected chi connectivity index (χ2v) is 12.1. The average Bonchev–Trinajstić information content (AvgIpc) is 3.70. The van der Waals surface area contributed by atoms with E-state index < -0.39 is 0 Å². The summed E-state index contributed by atoms with van der Waals surface area (Å²) >= 11 is 6.44. The highest BCUT2D eigenvalue weighted by atomic mass is 35.5. The number of rotatable bonds is 10. The molecule has 2 aliphatic rings. The number of piperidine rings is 1. The molecule has 2 aliphatic heterocycles. The highest BCUT2D eigenvalue weighted by molar-refractivity contribution is 6.32. The quantitative estimate of drug-likeness (QED) is 0.260. The number of nitrogens with one attached hydrogen (secondary N) is 1. The Morgan fingerprint density at radius 3 is 2.49 bits per heavy atom. The normalized spacial score (nSPS) is 17.8. The molecule has 0 amide bonds. The summed E-state index contributed by atoms with van der Waals surface area (Å²) in [5, 5.41) is 20.2. The zero-order valence-electron chi connectivity index (χ0n) is 24.9. The van der Waals surface area contributed by atoms with Crippen molar-refractivity contribution in [2.24, 2.45) is 0 Å². The first-order chi connectivity index (χ1) is 20.9. The van der Waals surface area contributed by atoms with Crippen molar-refractivity contribution >= 4 is 23.2 Å². The minimum atomic E-state index is -0.185. The molecule has 12 nitrogen and oxygen atoms in total. The largest absolute Gasteiger partial charge is 0.487 e. The van der Waals surface area contributed by atoms with Gasteiger partial charge in [0, 0.05) is 56.5 Å². The third-order valence-corrected chi connectivity index (χ3v) is 8.53. The summed E-state index contributed by atoms with van der Waals surface area (Å²) in [7, 11) is 0. The van der Waals surface area contributed by atoms with Crippen LogP contribution in [-0.4, -0.2) is 83.3 Å². The van der Waals surface area contributed by atoms with Gasteiger partial charge in [0.05, 0.1) is 29.0 Å². The van der Waals surface area contributed by atoms with Gasteiger partial charge in [-0.1, -0.05) is 31.5 Å². The number of halogens is 1. The predicted octanol–water partition coefficient (Wildman–Crippen LogP) is 5.13. The van der Waals surface area contributed by atoms with Crippen LogP contribution in [0.1, 0.15) is 64.1 Å². The fraction of sp³-hybridized carbons (Fsp3) is 0.533. The van der Waals surface area contributed by atoms with Gasteiger partial charge in [-0.2, -0.15) is 5.10 Å². The molecule has 0 aliphatic carbocycles. The summed E-state index contributed by atoms with van der Waals surface area (Å²) in [6.07, 6.45) is 11.6. The maximum absolute atomic E-state index is 6.44. The highest BCUT2D eigenvalue weighted by Gasteiger charge is 2.28. The van der Waals surface area contributed by atoms with Crippen molar-refractivity contribution in [2.75, 3.05) is 31.6 Å². The molecule has 5 heterocycles. The number of anilines is 2. The van der Waals surface area contributed by atoms with Crippen molar-refractivity contribution in [3.8, 4) is 16.9 Å². The monoisotopic (exact) mass is 606 g/mol. The van der Waals surface area contributed by atoms with Crippen LogP contribution in [0.3, 0.4) is 0 Å². The number of ether oxygens (including phenoxy) is 2. The van der Waals surface area contributed by atoms with Crippen LogP contribution in [0.15, 0.2) is 43.1 Å². The van der Waals surface area contributed by atoms with Gasteiger partial charge in [0.2, 0.25) is 5.95 Å². The van der Waals surface area contributed by atoms with E-state index in [-0.39, 0.29) is 12.0 Å². The number of hydrogen-bond donors (Lipinski definition) is 1. The minimum Gasteiger partial charge on any atom is -0.487 e. The molecule has 13 heteroatoms. The van der Waals surface area contributed by atoms with Crippen LogP contribution in [0, 0.1) is 0 Å². The van der Waals surface area contributed by atoms with Crippen LogP contribution in [0.4, 0.5) is 11.6 Å². The molecule has 6 rings (SSSR count). The molecule has 43 heavy (non-hydrogen) atoms. The fourth-order valence-corrected chi connectivity index (χ4v) is 6.06. The third-order valence-electron chi connectivity index (χ3n) is 8.21. The number of aromatic nitrogens is 8. The Morgan fingerprint density at radius 2 is 1.79 bits per heavy atom. The van der Waals surface area contributed by atoms with Gasteiger partial charge in [-0.25, -0.2) is 14.6 Å². The Labute approximate surface area is 256 Å². The van der Waals surface area contributed by atoms with Crippen molar-refractivity contribution in [3.05, 3.63) is 53.8 Å². The lowest BCUT2D eigenvalue weighted by molar-refractivity contribution is 0.0212. The molecule has 2 saturated heterocycles. The summed E-state index contributed by atoms with van der Waals surface area (Å²) in [5.41, 5.74) is 3.74. The van der Waals surface area contributed by atoms with Crippen LogP contribution >= 0.6 is 11.6 Å². The standard InChI is InChI=1S/C30H39ClN10O2/c1-20(2)29-27(18-41(36-29)25-6-10-39(11-7-25)24-8-12-42-13-9-24)35-30-32-15-23(16-33-30)22-4-5-26(31)28(14-22)43-21(3)17-40-19-34-37-38-40/h4-5,14-16,18-21,24-25H,6-13,17H2,1-3H3,(H,32,33,35). The van der Waals surface area contributed by atoms with E-state index in [0.717, 1.165) is 74.5 Å². The van der Waals surface area contributed by atoms with Gasteiger partial charge >= 0.3 is 0 Å². The van der Waals surface area contributed by atoms with E-state index in [2.05, 4.69) is 60.4 Å². The first-order valence-corrected chi connectivity index (χ1v) is 15.5. The van der Waals surface area contributed by atoms with E-state index in [0.29, 0.717) is 35.3 Å². The Hall–Kier alpha value is -3.61. The third kappa shape index (κ3) is 7.14. The first kappa shape index (κ1) is 29.5. The Morgan fingerprint density at radius 1 is 1.02 bits per heavy atom. The number of tetrazole rings is 1. The van der Waals surface area contributed by atoms with E-state index in [1.165, 1.54) is 0 Å². The lowest BCUT2D eigenvalue weighted by Crippen LogP contribution is -2.44. The lowest BCUT2D eigenvalue weighted by atomic mass is 10.00. The molecule has 1 aromatic carbocycles. The van der Waals surface area contributed by atoms with Crippen molar-refractivity contribution in [3.63, 3.8) is 0 Å². The number of benzene rings is 1. The molecular formula is C30H39ClN10O2. The Balaban J connectivity index is 1.11. The van der Waals surface area contributed by atoms with E-state index in [1.54, 1.807) is 23.4 Å². The van der Waals surface area contributed by atoms with Gasteiger partial charge in [-0.15, -0.1) is 5.10 Å². The minimum absolute atomic E-state index is 0.185. The van der Waals surface area contributed by atoms with E-state index >= 15 is 0 Å². The Bertz CT molecular complexity index is 1460. The summed E-state index contributed by atoms with van der Waals surface area (Å²) in [6.45, 7) is 10.8. The van der Waals surface area contributed by atoms with Crippen LogP contribution in [-0.2, 0) is 11.3 Å².